The Balaban J connectivity index is 2.28. The van der Waals surface area contributed by atoms with Crippen LogP contribution in [0.4, 0.5) is 14.5 Å². The van der Waals surface area contributed by atoms with Crippen LogP contribution in [0.1, 0.15) is 41.6 Å². The van der Waals surface area contributed by atoms with Gasteiger partial charge in [0.1, 0.15) is 5.56 Å². The van der Waals surface area contributed by atoms with Crippen molar-refractivity contribution in [2.75, 3.05) is 5.32 Å². The minimum absolute atomic E-state index is 0.0121. The number of rotatable bonds is 3. The molecule has 0 aliphatic carbocycles. The van der Waals surface area contributed by atoms with Crippen LogP contribution in [0.5, 0.6) is 0 Å². The van der Waals surface area contributed by atoms with Gasteiger partial charge in [0.05, 0.1) is 5.69 Å². The van der Waals surface area contributed by atoms with Gasteiger partial charge in [-0.25, -0.2) is 8.78 Å². The Morgan fingerprint density at radius 3 is 2.60 bits per heavy atom. The van der Waals surface area contributed by atoms with Crippen molar-refractivity contribution in [2.45, 2.75) is 26.7 Å². The van der Waals surface area contributed by atoms with E-state index in [0.29, 0.717) is 17.0 Å². The molecule has 0 atom stereocenters. The molecule has 1 N–H and O–H groups in total. The lowest BCUT2D eigenvalue weighted by Gasteiger charge is -2.07. The van der Waals surface area contributed by atoms with Gasteiger partial charge in [0, 0.05) is 17.7 Å². The highest BCUT2D eigenvalue weighted by Gasteiger charge is 2.22. The van der Waals surface area contributed by atoms with E-state index in [0.717, 1.165) is 12.1 Å². The molecule has 0 radical (unpaired) electrons. The maximum Gasteiger partial charge on any atom is 0.261 e. The molecule has 1 aromatic carbocycles. The van der Waals surface area contributed by atoms with Gasteiger partial charge >= 0.3 is 0 Å². The molecule has 0 aliphatic rings. The van der Waals surface area contributed by atoms with Crippen molar-refractivity contribution >= 4 is 11.6 Å². The van der Waals surface area contributed by atoms with Gasteiger partial charge in [-0.15, -0.1) is 0 Å². The number of benzene rings is 1. The summed E-state index contributed by atoms with van der Waals surface area (Å²) in [5.41, 5.74) is 0.947. The smallest absolute Gasteiger partial charge is 0.261 e. The van der Waals surface area contributed by atoms with Gasteiger partial charge in [-0.2, -0.15) is 0 Å². The summed E-state index contributed by atoms with van der Waals surface area (Å²) in [6.45, 7) is 5.39. The van der Waals surface area contributed by atoms with E-state index < -0.39 is 17.5 Å². The minimum Gasteiger partial charge on any atom is -0.360 e. The Bertz CT molecular complexity index is 651. The van der Waals surface area contributed by atoms with Crippen LogP contribution in [0.25, 0.3) is 0 Å². The number of hydrogen-bond donors (Lipinski definition) is 1. The number of nitrogens with one attached hydrogen (secondary N) is 1. The summed E-state index contributed by atoms with van der Waals surface area (Å²) < 4.78 is 31.0. The molecule has 0 saturated heterocycles. The van der Waals surface area contributed by atoms with Crippen LogP contribution in [0.2, 0.25) is 0 Å². The number of aromatic nitrogens is 1. The third kappa shape index (κ3) is 2.68. The molecule has 2 aromatic rings. The van der Waals surface area contributed by atoms with Gasteiger partial charge < -0.3 is 9.84 Å². The summed E-state index contributed by atoms with van der Waals surface area (Å²) in [6.07, 6.45) is 0. The highest BCUT2D eigenvalue weighted by molar-refractivity contribution is 6.05. The van der Waals surface area contributed by atoms with Crippen LogP contribution in [0.15, 0.2) is 22.7 Å². The van der Waals surface area contributed by atoms with Crippen molar-refractivity contribution in [1.82, 2.24) is 5.16 Å². The molecule has 6 heteroatoms. The molecule has 0 bridgehead atoms. The van der Waals surface area contributed by atoms with Crippen molar-refractivity contribution in [3.63, 3.8) is 0 Å². The van der Waals surface area contributed by atoms with Crippen LogP contribution in [-0.4, -0.2) is 11.1 Å². The molecular weight excluding hydrogens is 266 g/mol. The molecule has 0 fully saturated rings. The maximum absolute atomic E-state index is 13.1. The van der Waals surface area contributed by atoms with E-state index in [1.807, 2.05) is 13.8 Å². The number of carbonyl (C=O) groups is 1. The minimum atomic E-state index is -1.02. The van der Waals surface area contributed by atoms with Crippen molar-refractivity contribution in [1.29, 1.82) is 0 Å². The molecule has 1 heterocycles. The van der Waals surface area contributed by atoms with Crippen LogP contribution < -0.4 is 5.32 Å². The predicted molar refractivity (Wildman–Crippen MR) is 69.6 cm³/mol. The number of halogens is 2. The van der Waals surface area contributed by atoms with E-state index in [1.165, 1.54) is 6.07 Å². The third-order valence-corrected chi connectivity index (χ3v) is 2.82. The Morgan fingerprint density at radius 2 is 2.00 bits per heavy atom. The molecule has 1 aromatic heterocycles. The van der Waals surface area contributed by atoms with Gasteiger partial charge in [-0.1, -0.05) is 19.0 Å². The molecular formula is C14H14F2N2O2. The van der Waals surface area contributed by atoms with Gasteiger partial charge in [0.2, 0.25) is 0 Å². The number of nitrogens with zero attached hydrogens (tertiary/aromatic N) is 1. The number of amides is 1. The molecule has 1 amide bonds. The summed E-state index contributed by atoms with van der Waals surface area (Å²) in [5.74, 6) is -2.00. The van der Waals surface area contributed by atoms with Crippen LogP contribution in [-0.2, 0) is 0 Å². The normalized spacial score (nSPS) is 10.9. The molecule has 4 nitrogen and oxygen atoms in total. The lowest BCUT2D eigenvalue weighted by atomic mass is 10.0. The Morgan fingerprint density at radius 1 is 1.30 bits per heavy atom. The lowest BCUT2D eigenvalue weighted by molar-refractivity contribution is 0.102. The Kier molecular flexibility index (Phi) is 3.83. The second-order valence-electron chi connectivity index (χ2n) is 4.74. The molecule has 0 saturated carbocycles. The number of anilines is 1. The number of carbonyl (C=O) groups excluding carboxylic acids is 1. The van der Waals surface area contributed by atoms with Crippen LogP contribution >= 0.6 is 0 Å². The molecule has 0 aliphatic heterocycles. The van der Waals surface area contributed by atoms with Crippen molar-refractivity contribution in [3.05, 3.63) is 46.9 Å². The maximum atomic E-state index is 13.1. The zero-order valence-corrected chi connectivity index (χ0v) is 11.3. The van der Waals surface area contributed by atoms with E-state index in [2.05, 4.69) is 10.5 Å². The standard InChI is InChI=1S/C14H14F2N2O2/c1-7(2)13-12(8(3)18-20-13)14(19)17-9-4-5-10(15)11(16)6-9/h4-7H,1-3H3,(H,17,19). The SMILES string of the molecule is Cc1noc(C(C)C)c1C(=O)Nc1ccc(F)c(F)c1. The zero-order valence-electron chi connectivity index (χ0n) is 11.3. The predicted octanol–water partition coefficient (Wildman–Crippen LogP) is 3.64. The molecule has 2 rings (SSSR count). The molecule has 0 unspecified atom stereocenters. The van der Waals surface area contributed by atoms with Gasteiger partial charge in [-0.05, 0) is 19.1 Å². The topological polar surface area (TPSA) is 55.1 Å². The van der Waals surface area contributed by atoms with E-state index in [-0.39, 0.29) is 11.6 Å². The van der Waals surface area contributed by atoms with E-state index in [9.17, 15) is 13.6 Å². The van der Waals surface area contributed by atoms with Gasteiger partial charge in [0.15, 0.2) is 17.4 Å². The Labute approximate surface area is 114 Å². The van der Waals surface area contributed by atoms with E-state index >= 15 is 0 Å². The number of aryl methyl sites for hydroxylation is 1. The monoisotopic (exact) mass is 280 g/mol. The molecule has 20 heavy (non-hydrogen) atoms. The lowest BCUT2D eigenvalue weighted by Crippen LogP contribution is -2.15. The first-order valence-corrected chi connectivity index (χ1v) is 6.12. The average Bonchev–Trinajstić information content (AvgIpc) is 2.76. The summed E-state index contributed by atoms with van der Waals surface area (Å²) in [7, 11) is 0. The van der Waals surface area contributed by atoms with Gasteiger partial charge in [-0.3, -0.25) is 4.79 Å². The second-order valence-corrected chi connectivity index (χ2v) is 4.74. The second kappa shape index (κ2) is 5.40. The van der Waals surface area contributed by atoms with Crippen molar-refractivity contribution < 1.29 is 18.1 Å². The first-order chi connectivity index (χ1) is 9.40. The van der Waals surface area contributed by atoms with Crippen LogP contribution in [0.3, 0.4) is 0 Å². The van der Waals surface area contributed by atoms with Crippen molar-refractivity contribution in [2.24, 2.45) is 0 Å². The van der Waals surface area contributed by atoms with Crippen molar-refractivity contribution in [3.8, 4) is 0 Å². The summed E-state index contributed by atoms with van der Waals surface area (Å²) >= 11 is 0. The van der Waals surface area contributed by atoms with E-state index in [1.54, 1.807) is 6.92 Å². The number of hydrogen-bond acceptors (Lipinski definition) is 3. The summed E-state index contributed by atoms with van der Waals surface area (Å²) in [5, 5.41) is 6.27. The molecule has 0 spiro atoms. The summed E-state index contributed by atoms with van der Waals surface area (Å²) in [4.78, 5) is 12.2. The zero-order chi connectivity index (χ0) is 14.9. The average molecular weight is 280 g/mol. The summed E-state index contributed by atoms with van der Waals surface area (Å²) in [6, 6.07) is 3.16. The van der Waals surface area contributed by atoms with Gasteiger partial charge in [0.25, 0.3) is 5.91 Å². The van der Waals surface area contributed by atoms with Crippen LogP contribution in [0, 0.1) is 18.6 Å². The first-order valence-electron chi connectivity index (χ1n) is 6.12. The molecule has 106 valence electrons. The first kappa shape index (κ1) is 14.2. The Hall–Kier alpha value is -2.24. The quantitative estimate of drug-likeness (QED) is 0.933. The fraction of sp³-hybridized carbons (Fsp3) is 0.286. The highest BCUT2D eigenvalue weighted by atomic mass is 19.2. The fourth-order valence-corrected chi connectivity index (χ4v) is 1.82. The fourth-order valence-electron chi connectivity index (χ4n) is 1.82. The van der Waals surface area contributed by atoms with E-state index in [4.69, 9.17) is 4.52 Å². The largest absolute Gasteiger partial charge is 0.360 e. The highest BCUT2D eigenvalue weighted by Crippen LogP contribution is 2.23. The third-order valence-electron chi connectivity index (χ3n) is 2.82.